The molecular weight excluding hydrogens is 400 g/mol. The molecule has 0 bridgehead atoms. The third-order valence-corrected chi connectivity index (χ3v) is 4.21. The van der Waals surface area contributed by atoms with Crippen molar-refractivity contribution in [1.82, 2.24) is 9.55 Å². The van der Waals surface area contributed by atoms with Gasteiger partial charge in [-0.05, 0) is 37.3 Å². The zero-order valence-corrected chi connectivity index (χ0v) is 15.7. The van der Waals surface area contributed by atoms with Crippen molar-refractivity contribution in [2.75, 3.05) is 6.61 Å². The van der Waals surface area contributed by atoms with Crippen molar-refractivity contribution < 1.29 is 14.3 Å². The lowest BCUT2D eigenvalue weighted by Crippen LogP contribution is -2.23. The SMILES string of the molecule is CCOc1ccccc1OC(=O)CCn1cnc2ccc(Br)cc2c1=O. The summed E-state index contributed by atoms with van der Waals surface area (Å²) in [4.78, 5) is 28.9. The molecule has 0 spiro atoms. The van der Waals surface area contributed by atoms with Crippen LogP contribution in [0.25, 0.3) is 10.9 Å². The van der Waals surface area contributed by atoms with E-state index in [2.05, 4.69) is 20.9 Å². The van der Waals surface area contributed by atoms with Gasteiger partial charge in [-0.15, -0.1) is 0 Å². The highest BCUT2D eigenvalue weighted by atomic mass is 79.9. The molecule has 1 aromatic heterocycles. The van der Waals surface area contributed by atoms with Gasteiger partial charge in [-0.3, -0.25) is 14.2 Å². The standard InChI is InChI=1S/C19H17BrN2O4/c1-2-25-16-5-3-4-6-17(16)26-18(23)9-10-22-12-21-15-8-7-13(20)11-14(15)19(22)24/h3-8,11-12H,2,9-10H2,1H3. The largest absolute Gasteiger partial charge is 0.490 e. The zero-order chi connectivity index (χ0) is 18.5. The molecule has 6 nitrogen and oxygen atoms in total. The van der Waals surface area contributed by atoms with Crippen LogP contribution in [-0.4, -0.2) is 22.1 Å². The minimum absolute atomic E-state index is 0.0432. The van der Waals surface area contributed by atoms with Gasteiger partial charge in [0.1, 0.15) is 0 Å². The van der Waals surface area contributed by atoms with E-state index in [-0.39, 0.29) is 18.5 Å². The summed E-state index contributed by atoms with van der Waals surface area (Å²) in [6.07, 6.45) is 1.49. The summed E-state index contributed by atoms with van der Waals surface area (Å²) in [7, 11) is 0. The van der Waals surface area contributed by atoms with E-state index in [0.29, 0.717) is 29.0 Å². The van der Waals surface area contributed by atoms with Gasteiger partial charge >= 0.3 is 5.97 Å². The first-order valence-corrected chi connectivity index (χ1v) is 8.95. The van der Waals surface area contributed by atoms with Crippen molar-refractivity contribution in [3.05, 3.63) is 63.6 Å². The summed E-state index contributed by atoms with van der Waals surface area (Å²) in [5, 5.41) is 0.497. The predicted octanol–water partition coefficient (Wildman–Crippen LogP) is 3.55. The molecule has 0 amide bonds. The molecule has 26 heavy (non-hydrogen) atoms. The number of para-hydroxylation sites is 2. The number of hydrogen-bond acceptors (Lipinski definition) is 5. The van der Waals surface area contributed by atoms with Crippen molar-refractivity contribution in [2.24, 2.45) is 0 Å². The highest BCUT2D eigenvalue weighted by molar-refractivity contribution is 9.10. The molecule has 0 saturated heterocycles. The molecule has 1 heterocycles. The lowest BCUT2D eigenvalue weighted by atomic mass is 10.2. The molecule has 3 rings (SSSR count). The number of rotatable bonds is 6. The highest BCUT2D eigenvalue weighted by Crippen LogP contribution is 2.26. The van der Waals surface area contributed by atoms with Gasteiger partial charge in [0, 0.05) is 11.0 Å². The van der Waals surface area contributed by atoms with Crippen LogP contribution < -0.4 is 15.0 Å². The number of nitrogens with zero attached hydrogens (tertiary/aromatic N) is 2. The normalized spacial score (nSPS) is 10.7. The smallest absolute Gasteiger partial charge is 0.313 e. The number of aromatic nitrogens is 2. The van der Waals surface area contributed by atoms with Gasteiger partial charge in [0.15, 0.2) is 11.5 Å². The van der Waals surface area contributed by atoms with Crippen LogP contribution in [0.1, 0.15) is 13.3 Å². The van der Waals surface area contributed by atoms with E-state index >= 15 is 0 Å². The molecule has 0 aliphatic heterocycles. The summed E-state index contributed by atoms with van der Waals surface area (Å²) < 4.78 is 13.0. The lowest BCUT2D eigenvalue weighted by Gasteiger charge is -2.10. The van der Waals surface area contributed by atoms with Crippen LogP contribution in [0.3, 0.4) is 0 Å². The fourth-order valence-electron chi connectivity index (χ4n) is 2.49. The minimum Gasteiger partial charge on any atom is -0.490 e. The van der Waals surface area contributed by atoms with E-state index < -0.39 is 5.97 Å². The summed E-state index contributed by atoms with van der Waals surface area (Å²) >= 11 is 3.35. The van der Waals surface area contributed by atoms with Gasteiger partial charge in [-0.1, -0.05) is 28.1 Å². The van der Waals surface area contributed by atoms with Crippen LogP contribution in [-0.2, 0) is 11.3 Å². The second kappa shape index (κ2) is 8.14. The molecule has 0 unspecified atom stereocenters. The van der Waals surface area contributed by atoms with Gasteiger partial charge in [-0.25, -0.2) is 4.98 Å². The number of benzene rings is 2. The minimum atomic E-state index is -0.446. The van der Waals surface area contributed by atoms with Gasteiger partial charge in [0.05, 0.1) is 30.3 Å². The van der Waals surface area contributed by atoms with Gasteiger partial charge < -0.3 is 9.47 Å². The molecule has 2 aromatic carbocycles. The predicted molar refractivity (Wildman–Crippen MR) is 102 cm³/mol. The van der Waals surface area contributed by atoms with E-state index in [1.54, 1.807) is 36.4 Å². The van der Waals surface area contributed by atoms with E-state index in [1.807, 2.05) is 13.0 Å². The second-order valence-electron chi connectivity index (χ2n) is 5.51. The molecule has 0 atom stereocenters. The maximum Gasteiger partial charge on any atom is 0.313 e. The summed E-state index contributed by atoms with van der Waals surface area (Å²) in [6.45, 7) is 2.52. The third-order valence-electron chi connectivity index (χ3n) is 3.72. The van der Waals surface area contributed by atoms with Crippen molar-refractivity contribution >= 4 is 32.8 Å². The highest BCUT2D eigenvalue weighted by Gasteiger charge is 2.11. The van der Waals surface area contributed by atoms with Crippen molar-refractivity contribution in [1.29, 1.82) is 0 Å². The number of esters is 1. The molecular formula is C19H17BrN2O4. The number of ether oxygens (including phenoxy) is 2. The lowest BCUT2D eigenvalue weighted by molar-refractivity contribution is -0.134. The number of carbonyl (C=O) groups is 1. The number of halogens is 1. The zero-order valence-electron chi connectivity index (χ0n) is 14.1. The number of aryl methyl sites for hydroxylation is 1. The Kier molecular flexibility index (Phi) is 5.68. The van der Waals surface area contributed by atoms with Crippen LogP contribution in [0.2, 0.25) is 0 Å². The first-order valence-electron chi connectivity index (χ1n) is 8.15. The Labute approximate surface area is 158 Å². The Morgan fingerprint density at radius 1 is 1.19 bits per heavy atom. The fraction of sp³-hybridized carbons (Fsp3) is 0.211. The molecule has 0 aliphatic rings. The van der Waals surface area contributed by atoms with Crippen LogP contribution in [0, 0.1) is 0 Å². The molecule has 7 heteroatoms. The Hall–Kier alpha value is -2.67. The third kappa shape index (κ3) is 4.11. The molecule has 3 aromatic rings. The quantitative estimate of drug-likeness (QED) is 0.453. The topological polar surface area (TPSA) is 70.4 Å². The van der Waals surface area contributed by atoms with Crippen LogP contribution >= 0.6 is 15.9 Å². The Morgan fingerprint density at radius 2 is 1.96 bits per heavy atom. The van der Waals surface area contributed by atoms with Crippen molar-refractivity contribution in [2.45, 2.75) is 19.9 Å². The van der Waals surface area contributed by atoms with E-state index in [1.165, 1.54) is 10.9 Å². The van der Waals surface area contributed by atoms with Crippen LogP contribution in [0.5, 0.6) is 11.5 Å². The molecule has 0 saturated carbocycles. The van der Waals surface area contributed by atoms with E-state index in [4.69, 9.17) is 9.47 Å². The van der Waals surface area contributed by atoms with Gasteiger partial charge in [-0.2, -0.15) is 0 Å². The van der Waals surface area contributed by atoms with Crippen molar-refractivity contribution in [3.63, 3.8) is 0 Å². The second-order valence-corrected chi connectivity index (χ2v) is 6.42. The first-order chi connectivity index (χ1) is 12.6. The summed E-state index contributed by atoms with van der Waals surface area (Å²) in [5.74, 6) is 0.434. The number of carbonyl (C=O) groups excluding carboxylic acids is 1. The maximum atomic E-state index is 12.5. The van der Waals surface area contributed by atoms with Crippen LogP contribution in [0.4, 0.5) is 0 Å². The first kappa shape index (κ1) is 18.1. The average Bonchev–Trinajstić information content (AvgIpc) is 2.63. The summed E-state index contributed by atoms with van der Waals surface area (Å²) in [5.41, 5.74) is 0.418. The van der Waals surface area contributed by atoms with E-state index in [0.717, 1.165) is 4.47 Å². The van der Waals surface area contributed by atoms with Gasteiger partial charge in [0.25, 0.3) is 5.56 Å². The molecule has 0 radical (unpaired) electrons. The Morgan fingerprint density at radius 3 is 2.73 bits per heavy atom. The summed E-state index contributed by atoms with van der Waals surface area (Å²) in [6, 6.07) is 12.3. The Bertz CT molecular complexity index is 1000. The molecule has 0 fully saturated rings. The molecule has 0 aliphatic carbocycles. The Balaban J connectivity index is 1.71. The number of fused-ring (bicyclic) bond motifs is 1. The average molecular weight is 417 g/mol. The fourth-order valence-corrected chi connectivity index (χ4v) is 2.85. The molecule has 134 valence electrons. The maximum absolute atomic E-state index is 12.5. The van der Waals surface area contributed by atoms with Gasteiger partial charge in [0.2, 0.25) is 0 Å². The molecule has 0 N–H and O–H groups in total. The van der Waals surface area contributed by atoms with Crippen LogP contribution in [0.15, 0.2) is 58.1 Å². The van der Waals surface area contributed by atoms with E-state index in [9.17, 15) is 9.59 Å². The number of hydrogen-bond donors (Lipinski definition) is 0. The van der Waals surface area contributed by atoms with Crippen molar-refractivity contribution in [3.8, 4) is 11.5 Å². The monoisotopic (exact) mass is 416 g/mol.